The zero-order chi connectivity index (χ0) is 27.7. The third kappa shape index (κ3) is 4.11. The van der Waals surface area contributed by atoms with Gasteiger partial charge in [0.1, 0.15) is 23.8 Å². The Morgan fingerprint density at radius 2 is 1.80 bits per heavy atom. The molecule has 8 rings (SSSR count). The summed E-state index contributed by atoms with van der Waals surface area (Å²) in [7, 11) is 0. The second kappa shape index (κ2) is 9.63. The van der Waals surface area contributed by atoms with Crippen molar-refractivity contribution in [3.63, 3.8) is 0 Å². The summed E-state index contributed by atoms with van der Waals surface area (Å²) >= 11 is 0. The van der Waals surface area contributed by atoms with Crippen LogP contribution >= 0.6 is 0 Å². The van der Waals surface area contributed by atoms with Gasteiger partial charge in [-0.2, -0.15) is 9.97 Å². The van der Waals surface area contributed by atoms with Crippen molar-refractivity contribution >= 4 is 27.6 Å². The summed E-state index contributed by atoms with van der Waals surface area (Å²) in [5, 5.41) is 5.23. The van der Waals surface area contributed by atoms with Crippen LogP contribution in [0.5, 0.6) is 6.01 Å². The zero-order valence-corrected chi connectivity index (χ0v) is 23.5. The van der Waals surface area contributed by atoms with Crippen LogP contribution in [0.4, 0.5) is 14.6 Å². The highest BCUT2D eigenvalue weighted by Crippen LogP contribution is 2.41. The van der Waals surface area contributed by atoms with Gasteiger partial charge in [-0.3, -0.25) is 4.90 Å². The normalized spacial score (nSPS) is 23.6. The maximum Gasteiger partial charge on any atom is 0.319 e. The molecule has 2 N–H and O–H groups in total. The van der Waals surface area contributed by atoms with Crippen LogP contribution in [0.15, 0.2) is 30.5 Å². The Kier molecular flexibility index (Phi) is 5.97. The van der Waals surface area contributed by atoms with E-state index in [4.69, 9.17) is 14.7 Å². The van der Waals surface area contributed by atoms with E-state index < -0.39 is 5.82 Å². The second-order valence-electron chi connectivity index (χ2n) is 12.4. The van der Waals surface area contributed by atoms with Crippen LogP contribution in [0.1, 0.15) is 51.0 Å². The molecule has 2 aromatic heterocycles. The first-order valence-electron chi connectivity index (χ1n) is 15.2. The number of nitrogens with one attached hydrogen (secondary N) is 2. The molecule has 7 nitrogen and oxygen atoms in total. The minimum atomic E-state index is -0.400. The summed E-state index contributed by atoms with van der Waals surface area (Å²) in [4.78, 5) is 17.7. The minimum absolute atomic E-state index is 0.0445. The van der Waals surface area contributed by atoms with Crippen LogP contribution in [0.2, 0.25) is 0 Å². The number of hydrogen-bond donors (Lipinski definition) is 2. The van der Waals surface area contributed by atoms with E-state index in [0.29, 0.717) is 47.1 Å². The molecule has 0 radical (unpaired) electrons. The number of anilines is 1. The van der Waals surface area contributed by atoms with E-state index in [0.717, 1.165) is 68.6 Å². The molecule has 4 aliphatic rings. The van der Waals surface area contributed by atoms with Gasteiger partial charge in [-0.1, -0.05) is 13.0 Å². The maximum atomic E-state index is 16.7. The van der Waals surface area contributed by atoms with Crippen molar-refractivity contribution in [3.8, 4) is 17.1 Å². The quantitative estimate of drug-likeness (QED) is 0.323. The number of halogens is 2. The van der Waals surface area contributed by atoms with Crippen LogP contribution in [-0.2, 0) is 6.42 Å². The summed E-state index contributed by atoms with van der Waals surface area (Å²) < 4.78 is 37.3. The number of aromatic amines is 1. The van der Waals surface area contributed by atoms with Crippen molar-refractivity contribution in [2.45, 2.75) is 69.5 Å². The molecule has 2 aromatic carbocycles. The Balaban J connectivity index is 1.25. The van der Waals surface area contributed by atoms with Crippen molar-refractivity contribution < 1.29 is 13.5 Å². The van der Waals surface area contributed by atoms with Gasteiger partial charge in [0.15, 0.2) is 5.82 Å². The molecule has 9 heteroatoms. The Hall–Kier alpha value is -3.30. The van der Waals surface area contributed by atoms with Crippen LogP contribution in [0.25, 0.3) is 32.9 Å². The number of nitrogens with zero attached hydrogens (tertiary/aromatic N) is 4. The molecule has 214 valence electrons. The fourth-order valence-corrected chi connectivity index (χ4v) is 8.08. The van der Waals surface area contributed by atoms with Gasteiger partial charge in [-0.15, -0.1) is 0 Å². The van der Waals surface area contributed by atoms with Gasteiger partial charge in [0.2, 0.25) is 0 Å². The highest BCUT2D eigenvalue weighted by atomic mass is 19.1. The number of hydrogen-bond acceptors (Lipinski definition) is 6. The topological polar surface area (TPSA) is 69.3 Å². The van der Waals surface area contributed by atoms with Crippen LogP contribution in [0.3, 0.4) is 0 Å². The lowest BCUT2D eigenvalue weighted by molar-refractivity contribution is 0.108. The molecule has 0 unspecified atom stereocenters. The van der Waals surface area contributed by atoms with Crippen LogP contribution < -0.4 is 15.0 Å². The van der Waals surface area contributed by atoms with Gasteiger partial charge in [0.05, 0.1) is 5.54 Å². The first kappa shape index (κ1) is 25.4. The molecular formula is C32H36F2N6O. The molecule has 4 aliphatic heterocycles. The van der Waals surface area contributed by atoms with E-state index in [9.17, 15) is 4.39 Å². The van der Waals surface area contributed by atoms with E-state index in [1.165, 1.54) is 25.0 Å². The van der Waals surface area contributed by atoms with Gasteiger partial charge in [0, 0.05) is 58.8 Å². The number of benzene rings is 2. The summed E-state index contributed by atoms with van der Waals surface area (Å²) in [5.41, 5.74) is 2.98. The average Bonchev–Trinajstić information content (AvgIpc) is 3.75. The van der Waals surface area contributed by atoms with E-state index >= 15 is 4.39 Å². The molecule has 0 saturated carbocycles. The number of piperazine rings is 1. The second-order valence-corrected chi connectivity index (χ2v) is 12.4. The lowest BCUT2D eigenvalue weighted by atomic mass is 9.95. The summed E-state index contributed by atoms with van der Waals surface area (Å²) in [6.07, 6.45) is 9.31. The molecule has 2 bridgehead atoms. The predicted molar refractivity (Wildman–Crippen MR) is 157 cm³/mol. The van der Waals surface area contributed by atoms with Crippen molar-refractivity contribution in [3.05, 3.63) is 47.7 Å². The standard InChI is InChI=1S/C32H36F2N6O/c1-2-19-13-20(33)14-26-27(19)25(15-35-26)23-7-8-24-29(28(23)34)37-31(41-18-32-9-3-11-40(32)12-4-10-32)38-30(24)39-16-21-5-6-22(17-39)36-21/h7-8,13-15,21-22,35-36H,2-6,9-12,16-18H2,1H3/t21-,22+. The fourth-order valence-electron chi connectivity index (χ4n) is 8.08. The van der Waals surface area contributed by atoms with Gasteiger partial charge < -0.3 is 19.9 Å². The Morgan fingerprint density at radius 3 is 2.56 bits per heavy atom. The smallest absolute Gasteiger partial charge is 0.319 e. The molecule has 0 amide bonds. The predicted octanol–water partition coefficient (Wildman–Crippen LogP) is 5.57. The highest BCUT2D eigenvalue weighted by Gasteiger charge is 2.45. The van der Waals surface area contributed by atoms with E-state index in [1.54, 1.807) is 6.20 Å². The summed E-state index contributed by atoms with van der Waals surface area (Å²) in [6.45, 7) is 6.40. The lowest BCUT2D eigenvalue weighted by Crippen LogP contribution is -2.51. The molecular weight excluding hydrogens is 522 g/mol. The van der Waals surface area contributed by atoms with Crippen molar-refractivity contribution in [2.75, 3.05) is 37.7 Å². The van der Waals surface area contributed by atoms with Crippen molar-refractivity contribution in [1.29, 1.82) is 0 Å². The average molecular weight is 559 g/mol. The molecule has 4 aromatic rings. The van der Waals surface area contributed by atoms with Gasteiger partial charge in [0.25, 0.3) is 0 Å². The first-order valence-corrected chi connectivity index (χ1v) is 15.2. The van der Waals surface area contributed by atoms with Crippen LogP contribution in [0, 0.1) is 11.6 Å². The molecule has 6 heterocycles. The summed E-state index contributed by atoms with van der Waals surface area (Å²) in [5.74, 6) is 0.0488. The first-order chi connectivity index (χ1) is 20.0. The number of H-pyrrole nitrogens is 1. The maximum absolute atomic E-state index is 16.7. The Bertz CT molecular complexity index is 1630. The van der Waals surface area contributed by atoms with E-state index in [2.05, 4.69) is 20.1 Å². The SMILES string of the molecule is CCc1cc(F)cc2[nH]cc(-c3ccc4c(N5C[C@H]6CC[C@@H](C5)N6)nc(OCC56CCCN5CCC6)nc4c3F)c12. The van der Waals surface area contributed by atoms with Gasteiger partial charge in [-0.05, 0) is 81.8 Å². The number of ether oxygens (including phenoxy) is 1. The Morgan fingerprint density at radius 1 is 1.02 bits per heavy atom. The summed E-state index contributed by atoms with van der Waals surface area (Å²) in [6, 6.07) is 7.85. The largest absolute Gasteiger partial charge is 0.461 e. The fraction of sp³-hybridized carbons (Fsp3) is 0.500. The van der Waals surface area contributed by atoms with E-state index in [-0.39, 0.29) is 22.9 Å². The molecule has 41 heavy (non-hydrogen) atoms. The molecule has 0 aliphatic carbocycles. The monoisotopic (exact) mass is 558 g/mol. The molecule has 4 saturated heterocycles. The lowest BCUT2D eigenvalue weighted by Gasteiger charge is -2.34. The number of fused-ring (bicyclic) bond motifs is 5. The van der Waals surface area contributed by atoms with Gasteiger partial charge in [-0.25, -0.2) is 8.78 Å². The van der Waals surface area contributed by atoms with E-state index in [1.807, 2.05) is 19.1 Å². The molecule has 0 spiro atoms. The van der Waals surface area contributed by atoms with Gasteiger partial charge >= 0.3 is 6.01 Å². The highest BCUT2D eigenvalue weighted by molar-refractivity contribution is 6.01. The minimum Gasteiger partial charge on any atom is -0.461 e. The number of aromatic nitrogens is 3. The zero-order valence-electron chi connectivity index (χ0n) is 23.5. The molecule has 2 atom stereocenters. The number of aryl methyl sites for hydroxylation is 1. The van der Waals surface area contributed by atoms with Crippen molar-refractivity contribution in [1.82, 2.24) is 25.2 Å². The van der Waals surface area contributed by atoms with Crippen molar-refractivity contribution in [2.24, 2.45) is 0 Å². The third-order valence-corrected chi connectivity index (χ3v) is 10.1. The molecule has 4 fully saturated rings. The Labute approximate surface area is 238 Å². The third-order valence-electron chi connectivity index (χ3n) is 10.1. The number of rotatable bonds is 6. The van der Waals surface area contributed by atoms with Crippen LogP contribution in [-0.4, -0.2) is 70.3 Å².